The van der Waals surface area contributed by atoms with Crippen LogP contribution in [-0.2, 0) is 16.8 Å². The molecule has 126 valence electrons. The summed E-state index contributed by atoms with van der Waals surface area (Å²) in [4.78, 5) is 18.4. The number of halogens is 1. The van der Waals surface area contributed by atoms with E-state index in [9.17, 15) is 14.3 Å². The highest BCUT2D eigenvalue weighted by atomic mass is 19.1. The van der Waals surface area contributed by atoms with Gasteiger partial charge in [0.1, 0.15) is 11.4 Å². The van der Waals surface area contributed by atoms with Gasteiger partial charge in [0.25, 0.3) is 0 Å². The molecule has 24 heavy (non-hydrogen) atoms. The topological polar surface area (TPSA) is 53.4 Å². The summed E-state index contributed by atoms with van der Waals surface area (Å²) in [7, 11) is 0. The van der Waals surface area contributed by atoms with Gasteiger partial charge in [0, 0.05) is 19.3 Å². The molecule has 1 fully saturated rings. The smallest absolute Gasteiger partial charge is 0.227 e. The molecule has 1 aliphatic heterocycles. The molecule has 1 N–H and O–H groups in total. The number of rotatable bonds is 3. The summed E-state index contributed by atoms with van der Waals surface area (Å²) >= 11 is 0. The monoisotopic (exact) mass is 328 g/mol. The van der Waals surface area contributed by atoms with Crippen LogP contribution < -0.4 is 0 Å². The molecule has 1 aromatic carbocycles. The Hall–Kier alpha value is -2.27. The van der Waals surface area contributed by atoms with Gasteiger partial charge in [0.05, 0.1) is 12.1 Å². The van der Waals surface area contributed by atoms with Gasteiger partial charge in [0.2, 0.25) is 5.91 Å². The van der Waals surface area contributed by atoms with Gasteiger partial charge in [-0.15, -0.1) is 0 Å². The summed E-state index contributed by atoms with van der Waals surface area (Å²) in [5.74, 6) is -0.469. The third-order valence-electron chi connectivity index (χ3n) is 4.69. The first-order valence-electron chi connectivity index (χ1n) is 8.15. The van der Waals surface area contributed by atoms with E-state index in [1.165, 1.54) is 6.07 Å². The summed E-state index contributed by atoms with van der Waals surface area (Å²) < 4.78 is 13.7. The van der Waals surface area contributed by atoms with Gasteiger partial charge >= 0.3 is 0 Å². The van der Waals surface area contributed by atoms with Gasteiger partial charge in [-0.1, -0.05) is 24.3 Å². The minimum absolute atomic E-state index is 0.0493. The molecule has 2 heterocycles. The highest BCUT2D eigenvalue weighted by Crippen LogP contribution is 2.33. The molecular formula is C19H21FN2O2. The van der Waals surface area contributed by atoms with Gasteiger partial charge < -0.3 is 10.0 Å². The summed E-state index contributed by atoms with van der Waals surface area (Å²) in [6.07, 6.45) is 2.60. The fourth-order valence-electron chi connectivity index (χ4n) is 3.25. The second-order valence-corrected chi connectivity index (χ2v) is 6.35. The minimum Gasteiger partial charge on any atom is -0.383 e. The molecule has 1 aromatic heterocycles. The van der Waals surface area contributed by atoms with Crippen molar-refractivity contribution < 1.29 is 14.3 Å². The number of carbonyl (C=O) groups is 1. The number of piperidine rings is 1. The third-order valence-corrected chi connectivity index (χ3v) is 4.69. The lowest BCUT2D eigenvalue weighted by molar-refractivity contribution is -0.135. The highest BCUT2D eigenvalue weighted by Gasteiger charge is 2.37. The lowest BCUT2D eigenvalue weighted by Crippen LogP contribution is -2.46. The normalized spacial score (nSPS) is 16.9. The molecule has 0 radical (unpaired) electrons. The number of carbonyl (C=O) groups excluding carboxylic acids is 1. The number of benzene rings is 1. The van der Waals surface area contributed by atoms with E-state index in [0.29, 0.717) is 37.2 Å². The quantitative estimate of drug-likeness (QED) is 0.942. The van der Waals surface area contributed by atoms with Crippen molar-refractivity contribution in [1.29, 1.82) is 0 Å². The maximum atomic E-state index is 13.7. The number of hydrogen-bond donors (Lipinski definition) is 1. The number of pyridine rings is 1. The standard InChI is InChI=1S/C19H21FN2O2/c1-14-5-4-10-21-18(14)19(24)8-11-22(12-9-19)17(23)13-15-6-2-3-7-16(15)20/h2-7,10,24H,8-9,11-13H2,1H3. The highest BCUT2D eigenvalue weighted by molar-refractivity contribution is 5.79. The molecule has 1 amide bonds. The molecule has 3 rings (SSSR count). The van der Waals surface area contributed by atoms with E-state index >= 15 is 0 Å². The van der Waals surface area contributed by atoms with Crippen LogP contribution in [0.3, 0.4) is 0 Å². The van der Waals surface area contributed by atoms with Gasteiger partial charge in [-0.2, -0.15) is 0 Å². The Labute approximate surface area is 141 Å². The van der Waals surface area contributed by atoms with Gasteiger partial charge in [-0.05, 0) is 43.0 Å². The van der Waals surface area contributed by atoms with Crippen LogP contribution in [0.1, 0.15) is 29.7 Å². The molecule has 5 heteroatoms. The maximum absolute atomic E-state index is 13.7. The Morgan fingerprint density at radius 1 is 1.25 bits per heavy atom. The number of nitrogens with zero attached hydrogens (tertiary/aromatic N) is 2. The summed E-state index contributed by atoms with van der Waals surface area (Å²) in [5, 5.41) is 10.9. The van der Waals surface area contributed by atoms with Crippen LogP contribution in [0, 0.1) is 12.7 Å². The van der Waals surface area contributed by atoms with Gasteiger partial charge in [-0.25, -0.2) is 4.39 Å². The zero-order valence-electron chi connectivity index (χ0n) is 13.7. The lowest BCUT2D eigenvalue weighted by atomic mass is 9.85. The van der Waals surface area contributed by atoms with Crippen LogP contribution in [-0.4, -0.2) is 34.0 Å². The van der Waals surface area contributed by atoms with E-state index in [1.807, 2.05) is 19.1 Å². The first-order chi connectivity index (χ1) is 11.5. The van der Waals surface area contributed by atoms with E-state index in [4.69, 9.17) is 0 Å². The van der Waals surface area contributed by atoms with Crippen LogP contribution in [0.15, 0.2) is 42.6 Å². The molecule has 1 saturated heterocycles. The van der Waals surface area contributed by atoms with Crippen molar-refractivity contribution in [2.24, 2.45) is 0 Å². The van der Waals surface area contributed by atoms with Crippen LogP contribution in [0.4, 0.5) is 4.39 Å². The second-order valence-electron chi connectivity index (χ2n) is 6.35. The Bertz CT molecular complexity index is 740. The fraction of sp³-hybridized carbons (Fsp3) is 0.368. The summed E-state index contributed by atoms with van der Waals surface area (Å²) in [6.45, 7) is 2.82. The Balaban J connectivity index is 1.66. The van der Waals surface area contributed by atoms with E-state index in [1.54, 1.807) is 29.3 Å². The molecule has 0 bridgehead atoms. The van der Waals surface area contributed by atoms with E-state index in [2.05, 4.69) is 4.98 Å². The van der Waals surface area contributed by atoms with Crippen molar-refractivity contribution in [3.63, 3.8) is 0 Å². The maximum Gasteiger partial charge on any atom is 0.227 e. The predicted molar refractivity (Wildman–Crippen MR) is 88.8 cm³/mol. The predicted octanol–water partition coefficient (Wildman–Crippen LogP) is 2.58. The molecule has 0 unspecified atom stereocenters. The van der Waals surface area contributed by atoms with Gasteiger partial charge in [-0.3, -0.25) is 9.78 Å². The molecule has 0 saturated carbocycles. The number of amides is 1. The summed E-state index contributed by atoms with van der Waals surface area (Å²) in [6, 6.07) is 10.1. The van der Waals surface area contributed by atoms with Crippen molar-refractivity contribution in [2.45, 2.75) is 31.8 Å². The average molecular weight is 328 g/mol. The van der Waals surface area contributed by atoms with E-state index in [0.717, 1.165) is 5.56 Å². The molecule has 0 aliphatic carbocycles. The Kier molecular flexibility index (Phi) is 4.62. The van der Waals surface area contributed by atoms with Gasteiger partial charge in [0.15, 0.2) is 0 Å². The number of hydrogen-bond acceptors (Lipinski definition) is 3. The van der Waals surface area contributed by atoms with Crippen molar-refractivity contribution in [3.8, 4) is 0 Å². The molecular weight excluding hydrogens is 307 g/mol. The summed E-state index contributed by atoms with van der Waals surface area (Å²) in [5.41, 5.74) is 1.04. The number of likely N-dealkylation sites (tertiary alicyclic amines) is 1. The molecule has 2 aromatic rings. The molecule has 1 aliphatic rings. The van der Waals surface area contributed by atoms with Crippen molar-refractivity contribution >= 4 is 5.91 Å². The van der Waals surface area contributed by atoms with Crippen molar-refractivity contribution in [3.05, 3.63) is 65.2 Å². The van der Waals surface area contributed by atoms with Crippen LogP contribution in [0.2, 0.25) is 0 Å². The molecule has 0 atom stereocenters. The Morgan fingerprint density at radius 3 is 2.62 bits per heavy atom. The first-order valence-corrected chi connectivity index (χ1v) is 8.15. The van der Waals surface area contributed by atoms with Crippen LogP contribution in [0.5, 0.6) is 0 Å². The van der Waals surface area contributed by atoms with E-state index < -0.39 is 5.60 Å². The molecule has 0 spiro atoms. The zero-order valence-corrected chi connectivity index (χ0v) is 13.7. The fourth-order valence-corrected chi connectivity index (χ4v) is 3.25. The lowest BCUT2D eigenvalue weighted by Gasteiger charge is -2.38. The number of aliphatic hydroxyl groups is 1. The van der Waals surface area contributed by atoms with Crippen molar-refractivity contribution in [2.75, 3.05) is 13.1 Å². The zero-order chi connectivity index (χ0) is 17.2. The van der Waals surface area contributed by atoms with E-state index in [-0.39, 0.29) is 18.1 Å². The third kappa shape index (κ3) is 3.31. The number of aromatic nitrogens is 1. The van der Waals surface area contributed by atoms with Crippen LogP contribution in [0.25, 0.3) is 0 Å². The average Bonchev–Trinajstić information content (AvgIpc) is 2.58. The Morgan fingerprint density at radius 2 is 1.96 bits per heavy atom. The minimum atomic E-state index is -1.000. The van der Waals surface area contributed by atoms with Crippen molar-refractivity contribution in [1.82, 2.24) is 9.88 Å². The molecule has 4 nitrogen and oxygen atoms in total. The van der Waals surface area contributed by atoms with Crippen LogP contribution >= 0.6 is 0 Å². The number of aryl methyl sites for hydroxylation is 1. The first kappa shape index (κ1) is 16.6. The second kappa shape index (κ2) is 6.69. The largest absolute Gasteiger partial charge is 0.383 e. The SMILES string of the molecule is Cc1cccnc1C1(O)CCN(C(=O)Cc2ccccc2F)CC1.